The SMILES string of the molecule is COCC1(CNS(=O)(=O)c2cc(C(=O)OC)c(C)o2)CCCN1. The van der Waals surface area contributed by atoms with Gasteiger partial charge in [0.25, 0.3) is 10.0 Å². The lowest BCUT2D eigenvalue weighted by Gasteiger charge is -2.28. The Labute approximate surface area is 135 Å². The van der Waals surface area contributed by atoms with Crippen LogP contribution in [-0.4, -0.2) is 53.8 Å². The van der Waals surface area contributed by atoms with Crippen molar-refractivity contribution in [3.05, 3.63) is 17.4 Å². The molecular formula is C14H22N2O6S. The van der Waals surface area contributed by atoms with Crippen molar-refractivity contribution in [3.8, 4) is 0 Å². The molecule has 0 aliphatic carbocycles. The van der Waals surface area contributed by atoms with E-state index >= 15 is 0 Å². The zero-order valence-electron chi connectivity index (χ0n) is 13.5. The molecule has 130 valence electrons. The first-order valence-corrected chi connectivity index (χ1v) is 8.74. The van der Waals surface area contributed by atoms with Crippen LogP contribution < -0.4 is 10.0 Å². The zero-order chi connectivity index (χ0) is 17.1. The van der Waals surface area contributed by atoms with Crippen molar-refractivity contribution in [3.63, 3.8) is 0 Å². The summed E-state index contributed by atoms with van der Waals surface area (Å²) in [6.07, 6.45) is 1.77. The molecule has 2 rings (SSSR count). The standard InChI is InChI=1S/C14H22N2O6S/c1-10-11(13(17)21-3)7-12(22-10)23(18,19)16-8-14(9-20-2)5-4-6-15-14/h7,15-16H,4-6,8-9H2,1-3H3. The van der Waals surface area contributed by atoms with Crippen LogP contribution in [0.3, 0.4) is 0 Å². The lowest BCUT2D eigenvalue weighted by atomic mass is 9.99. The van der Waals surface area contributed by atoms with Gasteiger partial charge in [0, 0.05) is 19.7 Å². The molecule has 1 atom stereocenters. The number of furan rings is 1. The molecule has 1 fully saturated rings. The van der Waals surface area contributed by atoms with Gasteiger partial charge in [0.2, 0.25) is 5.09 Å². The summed E-state index contributed by atoms with van der Waals surface area (Å²) in [5, 5.41) is 2.98. The maximum Gasteiger partial charge on any atom is 0.341 e. The molecule has 9 heteroatoms. The highest BCUT2D eigenvalue weighted by atomic mass is 32.2. The average molecular weight is 346 g/mol. The van der Waals surface area contributed by atoms with Crippen molar-refractivity contribution in [2.24, 2.45) is 0 Å². The van der Waals surface area contributed by atoms with E-state index < -0.39 is 21.5 Å². The number of methoxy groups -OCH3 is 2. The Morgan fingerprint density at radius 1 is 1.48 bits per heavy atom. The molecule has 1 aliphatic rings. The lowest BCUT2D eigenvalue weighted by molar-refractivity contribution is 0.0598. The quantitative estimate of drug-likeness (QED) is 0.689. The fourth-order valence-electron chi connectivity index (χ4n) is 2.67. The van der Waals surface area contributed by atoms with E-state index in [1.54, 1.807) is 7.11 Å². The van der Waals surface area contributed by atoms with Gasteiger partial charge < -0.3 is 19.2 Å². The van der Waals surface area contributed by atoms with Crippen LogP contribution in [0, 0.1) is 6.92 Å². The highest BCUT2D eigenvalue weighted by Crippen LogP contribution is 2.22. The van der Waals surface area contributed by atoms with Crippen LogP contribution in [0.15, 0.2) is 15.6 Å². The Bertz CT molecular complexity index is 661. The van der Waals surface area contributed by atoms with Crippen molar-refractivity contribution in [1.82, 2.24) is 10.0 Å². The number of aryl methyl sites for hydroxylation is 1. The van der Waals surface area contributed by atoms with E-state index in [9.17, 15) is 13.2 Å². The molecular weight excluding hydrogens is 324 g/mol. The predicted molar refractivity (Wildman–Crippen MR) is 81.8 cm³/mol. The molecule has 8 nitrogen and oxygen atoms in total. The number of esters is 1. The third kappa shape index (κ3) is 3.92. The van der Waals surface area contributed by atoms with E-state index in [-0.39, 0.29) is 23.0 Å². The first-order valence-electron chi connectivity index (χ1n) is 7.26. The minimum atomic E-state index is -3.87. The number of ether oxygens (including phenoxy) is 2. The maximum atomic E-state index is 12.4. The Balaban J connectivity index is 2.14. The number of carbonyl (C=O) groups is 1. The fourth-order valence-corrected chi connectivity index (χ4v) is 3.79. The molecule has 1 aromatic rings. The van der Waals surface area contributed by atoms with Crippen molar-refractivity contribution in [2.45, 2.75) is 30.4 Å². The summed E-state index contributed by atoms with van der Waals surface area (Å²) in [6, 6.07) is 1.18. The number of sulfonamides is 1. The molecule has 1 aliphatic heterocycles. The highest BCUT2D eigenvalue weighted by Gasteiger charge is 2.35. The summed E-state index contributed by atoms with van der Waals surface area (Å²) in [6.45, 7) is 2.91. The summed E-state index contributed by atoms with van der Waals surface area (Å²) in [4.78, 5) is 11.6. The van der Waals surface area contributed by atoms with Crippen LogP contribution in [0.1, 0.15) is 29.0 Å². The van der Waals surface area contributed by atoms with Gasteiger partial charge in [-0.2, -0.15) is 0 Å². The molecule has 0 saturated carbocycles. The van der Waals surface area contributed by atoms with E-state index in [0.29, 0.717) is 6.61 Å². The van der Waals surface area contributed by atoms with Gasteiger partial charge in [-0.25, -0.2) is 17.9 Å². The summed E-state index contributed by atoms with van der Waals surface area (Å²) in [5.74, 6) is -0.441. The smallest absolute Gasteiger partial charge is 0.341 e. The summed E-state index contributed by atoms with van der Waals surface area (Å²) >= 11 is 0. The van der Waals surface area contributed by atoms with Crippen molar-refractivity contribution >= 4 is 16.0 Å². The van der Waals surface area contributed by atoms with Crippen LogP contribution in [0.4, 0.5) is 0 Å². The molecule has 1 saturated heterocycles. The number of hydrogen-bond donors (Lipinski definition) is 2. The summed E-state index contributed by atoms with van der Waals surface area (Å²) in [7, 11) is -1.07. The molecule has 0 spiro atoms. The van der Waals surface area contributed by atoms with E-state index in [2.05, 4.69) is 14.8 Å². The minimum absolute atomic E-state index is 0.0958. The van der Waals surface area contributed by atoms with Gasteiger partial charge in [-0.15, -0.1) is 0 Å². The van der Waals surface area contributed by atoms with Gasteiger partial charge in [0.15, 0.2) is 0 Å². The third-order valence-electron chi connectivity index (χ3n) is 3.92. The molecule has 1 aromatic heterocycles. The second kappa shape index (κ2) is 7.00. The second-order valence-electron chi connectivity index (χ2n) is 5.60. The van der Waals surface area contributed by atoms with E-state index in [4.69, 9.17) is 9.15 Å². The molecule has 0 bridgehead atoms. The Hall–Kier alpha value is -1.42. The van der Waals surface area contributed by atoms with Crippen LogP contribution in [-0.2, 0) is 19.5 Å². The molecule has 1 unspecified atom stereocenters. The van der Waals surface area contributed by atoms with Gasteiger partial charge >= 0.3 is 5.97 Å². The maximum absolute atomic E-state index is 12.4. The topological polar surface area (TPSA) is 107 Å². The van der Waals surface area contributed by atoms with Crippen molar-refractivity contribution in [1.29, 1.82) is 0 Å². The van der Waals surface area contributed by atoms with Gasteiger partial charge in [0.1, 0.15) is 11.3 Å². The minimum Gasteiger partial charge on any atom is -0.465 e. The zero-order valence-corrected chi connectivity index (χ0v) is 14.3. The second-order valence-corrected chi connectivity index (χ2v) is 7.29. The average Bonchev–Trinajstić information content (AvgIpc) is 3.13. The fraction of sp³-hybridized carbons (Fsp3) is 0.643. The van der Waals surface area contributed by atoms with Gasteiger partial charge in [0.05, 0.1) is 19.3 Å². The van der Waals surface area contributed by atoms with Gasteiger partial charge in [-0.1, -0.05) is 0 Å². The van der Waals surface area contributed by atoms with Gasteiger partial charge in [-0.05, 0) is 26.3 Å². The molecule has 23 heavy (non-hydrogen) atoms. The first-order chi connectivity index (χ1) is 10.8. The van der Waals surface area contributed by atoms with Crippen LogP contribution in [0.2, 0.25) is 0 Å². The van der Waals surface area contributed by atoms with Crippen LogP contribution >= 0.6 is 0 Å². The lowest BCUT2D eigenvalue weighted by Crippen LogP contribution is -2.52. The Morgan fingerprint density at radius 2 is 2.22 bits per heavy atom. The monoisotopic (exact) mass is 346 g/mol. The molecule has 0 aromatic carbocycles. The Morgan fingerprint density at radius 3 is 2.78 bits per heavy atom. The number of hydrogen-bond acceptors (Lipinski definition) is 7. The number of nitrogens with one attached hydrogen (secondary N) is 2. The van der Waals surface area contributed by atoms with E-state index in [1.165, 1.54) is 20.1 Å². The number of carbonyl (C=O) groups excluding carboxylic acids is 1. The van der Waals surface area contributed by atoms with E-state index in [1.807, 2.05) is 0 Å². The largest absolute Gasteiger partial charge is 0.465 e. The Kier molecular flexibility index (Phi) is 5.45. The van der Waals surface area contributed by atoms with Crippen molar-refractivity contribution < 1.29 is 27.1 Å². The highest BCUT2D eigenvalue weighted by molar-refractivity contribution is 7.89. The molecule has 0 radical (unpaired) electrons. The van der Waals surface area contributed by atoms with Crippen LogP contribution in [0.5, 0.6) is 0 Å². The summed E-state index contributed by atoms with van der Waals surface area (Å²) in [5.41, 5.74) is -0.326. The summed E-state index contributed by atoms with van der Waals surface area (Å²) < 4.78 is 42.3. The molecule has 0 amide bonds. The molecule has 2 heterocycles. The van der Waals surface area contributed by atoms with E-state index in [0.717, 1.165) is 19.4 Å². The third-order valence-corrected chi connectivity index (χ3v) is 5.17. The number of rotatable bonds is 7. The first kappa shape index (κ1) is 17.9. The normalized spacial score (nSPS) is 21.5. The van der Waals surface area contributed by atoms with Crippen LogP contribution in [0.25, 0.3) is 0 Å². The van der Waals surface area contributed by atoms with Gasteiger partial charge in [-0.3, -0.25) is 0 Å². The molecule has 2 N–H and O–H groups in total. The van der Waals surface area contributed by atoms with Crippen molar-refractivity contribution in [2.75, 3.05) is 33.9 Å². The predicted octanol–water partition coefficient (Wildman–Crippen LogP) is 0.422.